The summed E-state index contributed by atoms with van der Waals surface area (Å²) in [6.07, 6.45) is 8.46. The van der Waals surface area contributed by atoms with Crippen LogP contribution in [0, 0.1) is 12.8 Å². The molecule has 1 nitrogen and oxygen atoms in total. The third kappa shape index (κ3) is 3.32. The zero-order valence-electron chi connectivity index (χ0n) is 11.2. The van der Waals surface area contributed by atoms with Gasteiger partial charge in [-0.25, -0.2) is 0 Å². The Morgan fingerprint density at radius 2 is 1.82 bits per heavy atom. The standard InChI is InChI=1S/C16H25N/c1-13-8-7-11-15(12-13)16(17-2)14-9-5-3-4-6-10-14/h7-8,11-12,14,16-17H,3-6,9-10H2,1-2H3. The van der Waals surface area contributed by atoms with Crippen LogP contribution >= 0.6 is 0 Å². The molecular weight excluding hydrogens is 206 g/mol. The van der Waals surface area contributed by atoms with E-state index in [1.54, 1.807) is 0 Å². The van der Waals surface area contributed by atoms with Gasteiger partial charge in [-0.3, -0.25) is 0 Å². The Kier molecular flexibility index (Phi) is 4.61. The SMILES string of the molecule is CNC(c1cccc(C)c1)C1CCCCCC1. The summed E-state index contributed by atoms with van der Waals surface area (Å²) < 4.78 is 0. The van der Waals surface area contributed by atoms with Gasteiger partial charge < -0.3 is 5.32 Å². The number of hydrogen-bond donors (Lipinski definition) is 1. The molecule has 1 atom stereocenters. The predicted molar refractivity (Wildman–Crippen MR) is 74.2 cm³/mol. The molecule has 1 saturated carbocycles. The van der Waals surface area contributed by atoms with E-state index in [0.29, 0.717) is 6.04 Å². The molecule has 2 rings (SSSR count). The van der Waals surface area contributed by atoms with Gasteiger partial charge in [0.25, 0.3) is 0 Å². The molecule has 0 radical (unpaired) electrons. The topological polar surface area (TPSA) is 12.0 Å². The first-order chi connectivity index (χ1) is 8.31. The predicted octanol–water partition coefficient (Wildman–Crippen LogP) is 4.23. The van der Waals surface area contributed by atoms with Gasteiger partial charge in [-0.1, -0.05) is 55.5 Å². The molecule has 1 unspecified atom stereocenters. The van der Waals surface area contributed by atoms with Gasteiger partial charge in [0.05, 0.1) is 0 Å². The summed E-state index contributed by atoms with van der Waals surface area (Å²) in [6, 6.07) is 9.54. The van der Waals surface area contributed by atoms with E-state index in [2.05, 4.69) is 43.6 Å². The van der Waals surface area contributed by atoms with Crippen LogP contribution in [0.2, 0.25) is 0 Å². The lowest BCUT2D eigenvalue weighted by atomic mass is 9.87. The molecular formula is C16H25N. The van der Waals surface area contributed by atoms with Gasteiger partial charge in [0.15, 0.2) is 0 Å². The zero-order valence-corrected chi connectivity index (χ0v) is 11.2. The second kappa shape index (κ2) is 6.20. The van der Waals surface area contributed by atoms with Crippen molar-refractivity contribution in [2.75, 3.05) is 7.05 Å². The molecule has 1 heteroatoms. The van der Waals surface area contributed by atoms with E-state index in [4.69, 9.17) is 0 Å². The van der Waals surface area contributed by atoms with Crippen molar-refractivity contribution < 1.29 is 0 Å². The Balaban J connectivity index is 2.14. The van der Waals surface area contributed by atoms with Crippen LogP contribution in [-0.4, -0.2) is 7.05 Å². The molecule has 1 aliphatic rings. The molecule has 1 aliphatic carbocycles. The summed E-state index contributed by atoms with van der Waals surface area (Å²) in [5.41, 5.74) is 2.84. The fourth-order valence-electron chi connectivity index (χ4n) is 3.18. The Morgan fingerprint density at radius 3 is 2.41 bits per heavy atom. The van der Waals surface area contributed by atoms with Crippen LogP contribution < -0.4 is 5.32 Å². The summed E-state index contributed by atoms with van der Waals surface area (Å²) in [6.45, 7) is 2.18. The highest BCUT2D eigenvalue weighted by atomic mass is 14.9. The van der Waals surface area contributed by atoms with E-state index in [1.165, 1.54) is 49.7 Å². The quantitative estimate of drug-likeness (QED) is 0.768. The second-order valence-corrected chi connectivity index (χ2v) is 5.43. The van der Waals surface area contributed by atoms with Gasteiger partial charge in [-0.05, 0) is 38.3 Å². The molecule has 0 aromatic heterocycles. The molecule has 0 spiro atoms. The van der Waals surface area contributed by atoms with E-state index in [1.807, 2.05) is 0 Å². The number of nitrogens with one attached hydrogen (secondary N) is 1. The summed E-state index contributed by atoms with van der Waals surface area (Å²) >= 11 is 0. The molecule has 1 aromatic carbocycles. The lowest BCUT2D eigenvalue weighted by Gasteiger charge is -2.26. The first-order valence-corrected chi connectivity index (χ1v) is 7.05. The summed E-state index contributed by atoms with van der Waals surface area (Å²) in [5, 5.41) is 3.54. The molecule has 0 aliphatic heterocycles. The van der Waals surface area contributed by atoms with E-state index in [9.17, 15) is 0 Å². The molecule has 94 valence electrons. The monoisotopic (exact) mass is 231 g/mol. The minimum absolute atomic E-state index is 0.549. The molecule has 1 N–H and O–H groups in total. The van der Waals surface area contributed by atoms with Crippen molar-refractivity contribution in [1.82, 2.24) is 5.32 Å². The van der Waals surface area contributed by atoms with Crippen LogP contribution in [0.25, 0.3) is 0 Å². The van der Waals surface area contributed by atoms with Crippen molar-refractivity contribution in [3.05, 3.63) is 35.4 Å². The van der Waals surface area contributed by atoms with E-state index in [0.717, 1.165) is 5.92 Å². The van der Waals surface area contributed by atoms with Gasteiger partial charge in [0.2, 0.25) is 0 Å². The van der Waals surface area contributed by atoms with Crippen molar-refractivity contribution in [2.24, 2.45) is 5.92 Å². The molecule has 0 saturated heterocycles. The largest absolute Gasteiger partial charge is 0.313 e. The molecule has 0 heterocycles. The van der Waals surface area contributed by atoms with Crippen LogP contribution in [0.1, 0.15) is 55.7 Å². The molecule has 0 amide bonds. The van der Waals surface area contributed by atoms with Gasteiger partial charge in [0, 0.05) is 6.04 Å². The van der Waals surface area contributed by atoms with Gasteiger partial charge in [-0.2, -0.15) is 0 Å². The van der Waals surface area contributed by atoms with E-state index >= 15 is 0 Å². The van der Waals surface area contributed by atoms with E-state index in [-0.39, 0.29) is 0 Å². The van der Waals surface area contributed by atoms with Crippen molar-refractivity contribution >= 4 is 0 Å². The zero-order chi connectivity index (χ0) is 12.1. The highest BCUT2D eigenvalue weighted by Crippen LogP contribution is 2.33. The highest BCUT2D eigenvalue weighted by Gasteiger charge is 2.22. The fourth-order valence-corrected chi connectivity index (χ4v) is 3.18. The first-order valence-electron chi connectivity index (χ1n) is 7.05. The normalized spacial score (nSPS) is 19.9. The first kappa shape index (κ1) is 12.6. The minimum Gasteiger partial charge on any atom is -0.313 e. The summed E-state index contributed by atoms with van der Waals surface area (Å²) in [4.78, 5) is 0. The number of benzene rings is 1. The van der Waals surface area contributed by atoms with Crippen LogP contribution in [0.4, 0.5) is 0 Å². The lowest BCUT2D eigenvalue weighted by Crippen LogP contribution is -2.25. The number of aryl methyl sites for hydroxylation is 1. The van der Waals surface area contributed by atoms with Crippen LogP contribution in [0.3, 0.4) is 0 Å². The van der Waals surface area contributed by atoms with Gasteiger partial charge >= 0.3 is 0 Å². The summed E-state index contributed by atoms with van der Waals surface area (Å²) in [5.74, 6) is 0.823. The number of rotatable bonds is 3. The van der Waals surface area contributed by atoms with Crippen LogP contribution in [0.15, 0.2) is 24.3 Å². The van der Waals surface area contributed by atoms with E-state index < -0.39 is 0 Å². The average molecular weight is 231 g/mol. The van der Waals surface area contributed by atoms with Crippen molar-refractivity contribution in [1.29, 1.82) is 0 Å². The number of hydrogen-bond acceptors (Lipinski definition) is 1. The molecule has 1 fully saturated rings. The highest BCUT2D eigenvalue weighted by molar-refractivity contribution is 5.25. The fraction of sp³-hybridized carbons (Fsp3) is 0.625. The maximum Gasteiger partial charge on any atom is 0.0346 e. The van der Waals surface area contributed by atoms with Crippen LogP contribution in [-0.2, 0) is 0 Å². The minimum atomic E-state index is 0.549. The smallest absolute Gasteiger partial charge is 0.0346 e. The maximum absolute atomic E-state index is 3.54. The maximum atomic E-state index is 3.54. The second-order valence-electron chi connectivity index (χ2n) is 5.43. The van der Waals surface area contributed by atoms with Gasteiger partial charge in [-0.15, -0.1) is 0 Å². The van der Waals surface area contributed by atoms with Crippen molar-refractivity contribution in [3.63, 3.8) is 0 Å². The van der Waals surface area contributed by atoms with Crippen molar-refractivity contribution in [3.8, 4) is 0 Å². The Bertz CT molecular complexity index is 337. The molecule has 1 aromatic rings. The third-order valence-corrected chi connectivity index (χ3v) is 4.08. The Labute approximate surface area is 106 Å². The lowest BCUT2D eigenvalue weighted by molar-refractivity contribution is 0.341. The molecule has 17 heavy (non-hydrogen) atoms. The Morgan fingerprint density at radius 1 is 1.12 bits per heavy atom. The van der Waals surface area contributed by atoms with Crippen LogP contribution in [0.5, 0.6) is 0 Å². The van der Waals surface area contributed by atoms with Crippen molar-refractivity contribution in [2.45, 2.75) is 51.5 Å². The average Bonchev–Trinajstić information content (AvgIpc) is 2.59. The third-order valence-electron chi connectivity index (χ3n) is 4.08. The van der Waals surface area contributed by atoms with Gasteiger partial charge in [0.1, 0.15) is 0 Å². The molecule has 0 bridgehead atoms. The summed E-state index contributed by atoms with van der Waals surface area (Å²) in [7, 11) is 2.11. The Hall–Kier alpha value is -0.820.